The van der Waals surface area contributed by atoms with E-state index in [0.717, 1.165) is 25.9 Å². The van der Waals surface area contributed by atoms with Crippen molar-refractivity contribution in [1.29, 1.82) is 0 Å². The fourth-order valence-electron chi connectivity index (χ4n) is 2.83. The lowest BCUT2D eigenvalue weighted by atomic mass is 9.98. The number of hydrogen-bond acceptors (Lipinski definition) is 5. The highest BCUT2D eigenvalue weighted by atomic mass is 35.5. The first-order valence-electron chi connectivity index (χ1n) is 7.95. The van der Waals surface area contributed by atoms with Gasteiger partial charge in [-0.1, -0.05) is 6.92 Å². The number of nitrogens with zero attached hydrogens (tertiary/aromatic N) is 1. The van der Waals surface area contributed by atoms with Gasteiger partial charge in [0.2, 0.25) is 10.0 Å². The Kier molecular flexibility index (Phi) is 8.29. The van der Waals surface area contributed by atoms with Gasteiger partial charge in [0.1, 0.15) is 16.4 Å². The molecule has 1 saturated heterocycles. The highest BCUT2D eigenvalue weighted by Crippen LogP contribution is 2.32. The maximum atomic E-state index is 12.9. The monoisotopic (exact) mass is 378 g/mol. The summed E-state index contributed by atoms with van der Waals surface area (Å²) in [5.74, 6) is 1.39. The zero-order valence-electron chi connectivity index (χ0n) is 14.4. The van der Waals surface area contributed by atoms with Crippen molar-refractivity contribution < 1.29 is 17.9 Å². The zero-order chi connectivity index (χ0) is 16.9. The summed E-state index contributed by atoms with van der Waals surface area (Å²) in [4.78, 5) is 0.171. The Labute approximate surface area is 151 Å². The third-order valence-corrected chi connectivity index (χ3v) is 6.16. The summed E-state index contributed by atoms with van der Waals surface area (Å²) in [6, 6.07) is 4.85. The van der Waals surface area contributed by atoms with Crippen LogP contribution in [0.25, 0.3) is 0 Å². The van der Waals surface area contributed by atoms with Crippen molar-refractivity contribution in [2.45, 2.75) is 24.7 Å². The van der Waals surface area contributed by atoms with Crippen molar-refractivity contribution in [3.8, 4) is 11.5 Å². The highest BCUT2D eigenvalue weighted by Gasteiger charge is 2.31. The largest absolute Gasteiger partial charge is 0.497 e. The molecule has 0 aromatic heterocycles. The van der Waals surface area contributed by atoms with E-state index >= 15 is 0 Å². The van der Waals surface area contributed by atoms with Gasteiger partial charge in [-0.2, -0.15) is 4.31 Å². The van der Waals surface area contributed by atoms with Crippen LogP contribution in [0.15, 0.2) is 23.1 Å². The second kappa shape index (κ2) is 9.46. The number of halogens is 1. The quantitative estimate of drug-likeness (QED) is 0.787. The van der Waals surface area contributed by atoms with Gasteiger partial charge in [-0.25, -0.2) is 8.42 Å². The Morgan fingerprint density at radius 1 is 1.21 bits per heavy atom. The molecule has 0 atom stereocenters. The third-order valence-electron chi connectivity index (χ3n) is 4.25. The number of nitrogens with one attached hydrogen (secondary N) is 1. The maximum absolute atomic E-state index is 12.9. The standard InChI is InChI=1S/C16H26N2O4S.ClH/c1-4-17-12-13-7-9-18(10-8-13)23(19,20)16-11-14(21-2)5-6-15(16)22-3;/h5-6,11,13,17H,4,7-10,12H2,1-3H3;1H. The first kappa shape index (κ1) is 21.0. The van der Waals surface area contributed by atoms with Gasteiger partial charge in [0.05, 0.1) is 14.2 Å². The molecule has 1 aromatic carbocycles. The Bertz CT molecular complexity index is 617. The molecule has 1 aliphatic rings. The minimum absolute atomic E-state index is 0. The van der Waals surface area contributed by atoms with E-state index in [1.165, 1.54) is 20.3 Å². The van der Waals surface area contributed by atoms with Gasteiger partial charge in [-0.15, -0.1) is 12.4 Å². The highest BCUT2D eigenvalue weighted by molar-refractivity contribution is 7.89. The molecule has 2 rings (SSSR count). The van der Waals surface area contributed by atoms with E-state index < -0.39 is 10.0 Å². The average Bonchev–Trinajstić information content (AvgIpc) is 2.59. The number of ether oxygens (including phenoxy) is 2. The van der Waals surface area contributed by atoms with Crippen LogP contribution in [0.4, 0.5) is 0 Å². The summed E-state index contributed by atoms with van der Waals surface area (Å²) in [6.07, 6.45) is 1.75. The van der Waals surface area contributed by atoms with E-state index in [1.54, 1.807) is 16.4 Å². The molecule has 1 aromatic rings. The fraction of sp³-hybridized carbons (Fsp3) is 0.625. The van der Waals surface area contributed by atoms with E-state index in [9.17, 15) is 8.42 Å². The van der Waals surface area contributed by atoms with Crippen molar-refractivity contribution in [1.82, 2.24) is 9.62 Å². The Balaban J connectivity index is 0.00000288. The van der Waals surface area contributed by atoms with Gasteiger partial charge in [-0.05, 0) is 44.0 Å². The molecule has 0 saturated carbocycles. The number of piperidine rings is 1. The normalized spacial score (nSPS) is 16.5. The predicted octanol–water partition coefficient (Wildman–Crippen LogP) is 2.14. The molecule has 0 aliphatic carbocycles. The number of hydrogen-bond donors (Lipinski definition) is 1. The Hall–Kier alpha value is -1.02. The summed E-state index contributed by atoms with van der Waals surface area (Å²) < 4.78 is 37.8. The van der Waals surface area contributed by atoms with Crippen LogP contribution in [0, 0.1) is 5.92 Å². The third kappa shape index (κ3) is 4.75. The maximum Gasteiger partial charge on any atom is 0.246 e. The van der Waals surface area contributed by atoms with E-state index in [0.29, 0.717) is 30.5 Å². The van der Waals surface area contributed by atoms with Gasteiger partial charge in [-0.3, -0.25) is 0 Å². The minimum Gasteiger partial charge on any atom is -0.497 e. The summed E-state index contributed by atoms with van der Waals surface area (Å²) >= 11 is 0. The van der Waals surface area contributed by atoms with Crippen molar-refractivity contribution >= 4 is 22.4 Å². The van der Waals surface area contributed by atoms with Crippen LogP contribution in [0.5, 0.6) is 11.5 Å². The van der Waals surface area contributed by atoms with Gasteiger partial charge in [0.25, 0.3) is 0 Å². The van der Waals surface area contributed by atoms with Gasteiger partial charge >= 0.3 is 0 Å². The van der Waals surface area contributed by atoms with Gasteiger partial charge in [0.15, 0.2) is 0 Å². The van der Waals surface area contributed by atoms with Crippen LogP contribution >= 0.6 is 12.4 Å². The number of sulfonamides is 1. The van der Waals surface area contributed by atoms with Gasteiger partial charge in [0, 0.05) is 19.2 Å². The minimum atomic E-state index is -3.57. The SMILES string of the molecule is CCNCC1CCN(S(=O)(=O)c2cc(OC)ccc2OC)CC1.Cl. The summed E-state index contributed by atoms with van der Waals surface area (Å²) in [7, 11) is -0.579. The molecule has 0 unspecified atom stereocenters. The molecule has 1 aliphatic heterocycles. The van der Waals surface area contributed by atoms with E-state index in [4.69, 9.17) is 9.47 Å². The molecular weight excluding hydrogens is 352 g/mol. The van der Waals surface area contributed by atoms with Crippen molar-refractivity contribution in [3.63, 3.8) is 0 Å². The molecule has 138 valence electrons. The molecule has 24 heavy (non-hydrogen) atoms. The lowest BCUT2D eigenvalue weighted by molar-refractivity contribution is 0.267. The van der Waals surface area contributed by atoms with Crippen LogP contribution in [0.2, 0.25) is 0 Å². The molecule has 1 heterocycles. The second-order valence-corrected chi connectivity index (χ2v) is 7.58. The molecule has 6 nitrogen and oxygen atoms in total. The van der Waals surface area contributed by atoms with E-state index in [-0.39, 0.29) is 17.3 Å². The molecular formula is C16H27ClN2O4S. The fourth-order valence-corrected chi connectivity index (χ4v) is 4.47. The van der Waals surface area contributed by atoms with Crippen LogP contribution in [-0.2, 0) is 10.0 Å². The first-order valence-corrected chi connectivity index (χ1v) is 9.39. The second-order valence-electron chi connectivity index (χ2n) is 5.67. The Morgan fingerprint density at radius 2 is 1.88 bits per heavy atom. The molecule has 0 spiro atoms. The summed E-state index contributed by atoms with van der Waals surface area (Å²) in [5, 5.41) is 3.33. The first-order chi connectivity index (χ1) is 11.0. The van der Waals surface area contributed by atoms with E-state index in [1.807, 2.05) is 0 Å². The van der Waals surface area contributed by atoms with Crippen LogP contribution < -0.4 is 14.8 Å². The van der Waals surface area contributed by atoms with Crippen LogP contribution in [0.3, 0.4) is 0 Å². The molecule has 0 radical (unpaired) electrons. The lowest BCUT2D eigenvalue weighted by Gasteiger charge is -2.31. The topological polar surface area (TPSA) is 67.9 Å². The zero-order valence-corrected chi connectivity index (χ0v) is 16.1. The van der Waals surface area contributed by atoms with Crippen LogP contribution in [-0.4, -0.2) is 53.1 Å². The number of rotatable bonds is 7. The number of methoxy groups -OCH3 is 2. The smallest absolute Gasteiger partial charge is 0.246 e. The lowest BCUT2D eigenvalue weighted by Crippen LogP contribution is -2.40. The molecule has 0 amide bonds. The summed E-state index contributed by atoms with van der Waals surface area (Å²) in [5.41, 5.74) is 0. The molecule has 1 fully saturated rings. The summed E-state index contributed by atoms with van der Waals surface area (Å²) in [6.45, 7) is 5.05. The van der Waals surface area contributed by atoms with Crippen molar-refractivity contribution in [2.75, 3.05) is 40.4 Å². The van der Waals surface area contributed by atoms with E-state index in [2.05, 4.69) is 12.2 Å². The Morgan fingerprint density at radius 3 is 2.42 bits per heavy atom. The van der Waals surface area contributed by atoms with Crippen molar-refractivity contribution in [2.24, 2.45) is 5.92 Å². The van der Waals surface area contributed by atoms with Crippen LogP contribution in [0.1, 0.15) is 19.8 Å². The number of benzene rings is 1. The molecule has 1 N–H and O–H groups in total. The molecule has 8 heteroatoms. The van der Waals surface area contributed by atoms with Gasteiger partial charge < -0.3 is 14.8 Å². The molecule has 0 bridgehead atoms. The van der Waals surface area contributed by atoms with Crippen molar-refractivity contribution in [3.05, 3.63) is 18.2 Å². The predicted molar refractivity (Wildman–Crippen MR) is 96.8 cm³/mol. The average molecular weight is 379 g/mol.